The second-order valence-electron chi connectivity index (χ2n) is 4.18. The molecule has 1 aromatic carbocycles. The lowest BCUT2D eigenvalue weighted by Crippen LogP contribution is -2.25. The quantitative estimate of drug-likeness (QED) is 0.743. The van der Waals surface area contributed by atoms with Crippen molar-refractivity contribution in [1.82, 2.24) is 0 Å². The highest BCUT2D eigenvalue weighted by atomic mass is 35.5. The molecule has 1 aliphatic heterocycles. The minimum Gasteiger partial charge on any atom is -0.402 e. The zero-order valence-electron chi connectivity index (χ0n) is 9.93. The van der Waals surface area contributed by atoms with Gasteiger partial charge in [-0.3, -0.25) is 9.05 Å². The standard InChI is InChI=1S/C11H13Cl2O4P/c1-7-5-8(2)16-18(14,15-7)17-11-4-3-9(12)6-10(11)13/h3-4,6-8H,5H2,1-2H3/t7-,8-/m1/s1. The van der Waals surface area contributed by atoms with Gasteiger partial charge in [0.05, 0.1) is 17.2 Å². The van der Waals surface area contributed by atoms with Crippen molar-refractivity contribution in [3.8, 4) is 5.75 Å². The lowest BCUT2D eigenvalue weighted by atomic mass is 10.2. The summed E-state index contributed by atoms with van der Waals surface area (Å²) in [5.41, 5.74) is 0. The minimum absolute atomic E-state index is 0.189. The van der Waals surface area contributed by atoms with E-state index in [4.69, 9.17) is 36.8 Å². The van der Waals surface area contributed by atoms with Crippen molar-refractivity contribution >= 4 is 31.0 Å². The van der Waals surface area contributed by atoms with Crippen LogP contribution in [0.1, 0.15) is 20.3 Å². The van der Waals surface area contributed by atoms with Gasteiger partial charge in [0.15, 0.2) is 0 Å². The predicted molar refractivity (Wildman–Crippen MR) is 70.4 cm³/mol. The van der Waals surface area contributed by atoms with Gasteiger partial charge in [-0.2, -0.15) is 0 Å². The molecule has 100 valence electrons. The van der Waals surface area contributed by atoms with Crippen molar-refractivity contribution < 1.29 is 18.1 Å². The van der Waals surface area contributed by atoms with Crippen molar-refractivity contribution in [2.24, 2.45) is 0 Å². The summed E-state index contributed by atoms with van der Waals surface area (Å²) in [4.78, 5) is 0. The van der Waals surface area contributed by atoms with Crippen LogP contribution in [0.15, 0.2) is 18.2 Å². The van der Waals surface area contributed by atoms with Crippen molar-refractivity contribution in [3.63, 3.8) is 0 Å². The molecule has 2 rings (SSSR count). The highest BCUT2D eigenvalue weighted by Crippen LogP contribution is 2.56. The SMILES string of the molecule is C[C@@H]1C[C@@H](C)OP(=O)(Oc2ccc(Cl)cc2Cl)O1. The van der Waals surface area contributed by atoms with Crippen LogP contribution in [0.2, 0.25) is 10.0 Å². The third kappa shape index (κ3) is 3.40. The summed E-state index contributed by atoms with van der Waals surface area (Å²) in [6.45, 7) is 3.64. The van der Waals surface area contributed by atoms with Crippen molar-refractivity contribution in [2.45, 2.75) is 32.5 Å². The molecule has 1 aromatic rings. The lowest BCUT2D eigenvalue weighted by Gasteiger charge is -2.30. The second kappa shape index (κ2) is 5.40. The number of halogens is 2. The Morgan fingerprint density at radius 1 is 1.28 bits per heavy atom. The lowest BCUT2D eigenvalue weighted by molar-refractivity contribution is 0.0217. The number of rotatable bonds is 2. The summed E-state index contributed by atoms with van der Waals surface area (Å²) >= 11 is 11.7. The van der Waals surface area contributed by atoms with Gasteiger partial charge in [-0.05, 0) is 32.0 Å². The normalized spacial score (nSPS) is 32.2. The van der Waals surface area contributed by atoms with Crippen LogP contribution in [-0.2, 0) is 13.6 Å². The van der Waals surface area contributed by atoms with Crippen LogP contribution in [0.25, 0.3) is 0 Å². The molecule has 0 bridgehead atoms. The molecule has 0 spiro atoms. The van der Waals surface area contributed by atoms with Gasteiger partial charge in [-0.15, -0.1) is 0 Å². The maximum Gasteiger partial charge on any atom is 0.530 e. The van der Waals surface area contributed by atoms with Gasteiger partial charge in [-0.1, -0.05) is 23.2 Å². The Labute approximate surface area is 116 Å². The molecule has 7 heteroatoms. The van der Waals surface area contributed by atoms with E-state index in [0.717, 1.165) is 0 Å². The molecule has 1 heterocycles. The molecule has 4 nitrogen and oxygen atoms in total. The molecule has 0 unspecified atom stereocenters. The molecule has 1 fully saturated rings. The molecule has 0 radical (unpaired) electrons. The molecule has 2 atom stereocenters. The summed E-state index contributed by atoms with van der Waals surface area (Å²) in [7, 11) is -3.62. The average Bonchev–Trinajstić information content (AvgIpc) is 2.20. The first kappa shape index (κ1) is 14.2. The first-order chi connectivity index (χ1) is 8.38. The van der Waals surface area contributed by atoms with Gasteiger partial charge in [0, 0.05) is 11.4 Å². The third-order valence-corrected chi connectivity index (χ3v) is 4.57. The van der Waals surface area contributed by atoms with E-state index >= 15 is 0 Å². The first-order valence-electron chi connectivity index (χ1n) is 5.49. The largest absolute Gasteiger partial charge is 0.530 e. The molecule has 0 amide bonds. The molecule has 0 aliphatic carbocycles. The average molecular weight is 311 g/mol. The van der Waals surface area contributed by atoms with Gasteiger partial charge in [-0.25, -0.2) is 4.57 Å². The maximum absolute atomic E-state index is 12.3. The van der Waals surface area contributed by atoms with Crippen LogP contribution in [-0.4, -0.2) is 12.2 Å². The van der Waals surface area contributed by atoms with Crippen LogP contribution in [0.3, 0.4) is 0 Å². The zero-order chi connectivity index (χ0) is 13.3. The molecule has 18 heavy (non-hydrogen) atoms. The summed E-state index contributed by atoms with van der Waals surface area (Å²) in [5.74, 6) is 0.228. The van der Waals surface area contributed by atoms with E-state index in [-0.39, 0.29) is 23.0 Å². The topological polar surface area (TPSA) is 44.8 Å². The minimum atomic E-state index is -3.62. The van der Waals surface area contributed by atoms with E-state index in [1.165, 1.54) is 12.1 Å². The number of hydrogen-bond donors (Lipinski definition) is 0. The fourth-order valence-electron chi connectivity index (χ4n) is 1.73. The van der Waals surface area contributed by atoms with Gasteiger partial charge in [0.25, 0.3) is 0 Å². The Hall–Kier alpha value is -0.250. The summed E-state index contributed by atoms with van der Waals surface area (Å²) in [5, 5.41) is 0.730. The van der Waals surface area contributed by atoms with E-state index in [2.05, 4.69) is 0 Å². The Kier molecular flexibility index (Phi) is 4.25. The second-order valence-corrected chi connectivity index (χ2v) is 6.52. The fraction of sp³-hybridized carbons (Fsp3) is 0.455. The first-order valence-corrected chi connectivity index (χ1v) is 7.71. The van der Waals surface area contributed by atoms with Crippen molar-refractivity contribution in [3.05, 3.63) is 28.2 Å². The van der Waals surface area contributed by atoms with Crippen LogP contribution >= 0.6 is 31.0 Å². The molecule has 0 N–H and O–H groups in total. The van der Waals surface area contributed by atoms with Gasteiger partial charge in [0.2, 0.25) is 0 Å². The van der Waals surface area contributed by atoms with Crippen LogP contribution < -0.4 is 4.52 Å². The number of hydrogen-bond acceptors (Lipinski definition) is 4. The fourth-order valence-corrected chi connectivity index (χ4v) is 3.82. The Morgan fingerprint density at radius 3 is 2.44 bits per heavy atom. The number of phosphoric acid groups is 1. The summed E-state index contributed by atoms with van der Waals surface area (Å²) in [6, 6.07) is 4.62. The van der Waals surface area contributed by atoms with E-state index in [1.807, 2.05) is 13.8 Å². The zero-order valence-corrected chi connectivity index (χ0v) is 12.3. The Morgan fingerprint density at radius 2 is 1.89 bits per heavy atom. The van der Waals surface area contributed by atoms with Crippen LogP contribution in [0.5, 0.6) is 5.75 Å². The van der Waals surface area contributed by atoms with E-state index < -0.39 is 7.82 Å². The molecule has 1 aliphatic rings. The Balaban J connectivity index is 2.19. The monoisotopic (exact) mass is 310 g/mol. The van der Waals surface area contributed by atoms with Crippen molar-refractivity contribution in [2.75, 3.05) is 0 Å². The van der Waals surface area contributed by atoms with Crippen LogP contribution in [0, 0.1) is 0 Å². The highest BCUT2D eigenvalue weighted by Gasteiger charge is 2.39. The summed E-state index contributed by atoms with van der Waals surface area (Å²) in [6.07, 6.45) is 0.290. The van der Waals surface area contributed by atoms with Crippen molar-refractivity contribution in [1.29, 1.82) is 0 Å². The Bertz CT molecular complexity index is 480. The maximum atomic E-state index is 12.3. The van der Waals surface area contributed by atoms with Gasteiger partial charge < -0.3 is 4.52 Å². The smallest absolute Gasteiger partial charge is 0.402 e. The highest BCUT2D eigenvalue weighted by molar-refractivity contribution is 7.49. The molecule has 0 aromatic heterocycles. The molecule has 1 saturated heterocycles. The third-order valence-electron chi connectivity index (χ3n) is 2.39. The molecule has 0 saturated carbocycles. The number of benzene rings is 1. The van der Waals surface area contributed by atoms with E-state index in [0.29, 0.717) is 11.4 Å². The van der Waals surface area contributed by atoms with Gasteiger partial charge >= 0.3 is 7.82 Å². The molecular formula is C11H13Cl2O4P. The number of phosphoric ester groups is 1. The molecular weight excluding hydrogens is 298 g/mol. The predicted octanol–water partition coefficient (Wildman–Crippen LogP) is 4.69. The van der Waals surface area contributed by atoms with Crippen LogP contribution in [0.4, 0.5) is 0 Å². The van der Waals surface area contributed by atoms with E-state index in [1.54, 1.807) is 6.07 Å². The van der Waals surface area contributed by atoms with E-state index in [9.17, 15) is 4.57 Å². The van der Waals surface area contributed by atoms with Gasteiger partial charge in [0.1, 0.15) is 5.75 Å². The summed E-state index contributed by atoms with van der Waals surface area (Å²) < 4.78 is 28.1.